The summed E-state index contributed by atoms with van der Waals surface area (Å²) in [6.45, 7) is -0.348. The first-order valence-electron chi connectivity index (χ1n) is 16.1. The second-order valence-electron chi connectivity index (χ2n) is 13.0. The number of allylic oxidation sites excluding steroid dienone is 4. The molecule has 1 heterocycles. The van der Waals surface area contributed by atoms with E-state index in [-0.39, 0.29) is 30.5 Å². The van der Waals surface area contributed by atoms with Crippen molar-refractivity contribution in [3.05, 3.63) is 113 Å². The van der Waals surface area contributed by atoms with E-state index < -0.39 is 88.6 Å². The summed E-state index contributed by atoms with van der Waals surface area (Å²) >= 11 is 0. The number of aliphatic carboxylic acids is 1. The number of likely N-dealkylation sites (tertiary alicyclic amines) is 1. The van der Waals surface area contributed by atoms with Crippen molar-refractivity contribution >= 4 is 34.9 Å². The van der Waals surface area contributed by atoms with Gasteiger partial charge in [-0.1, -0.05) is 72.3 Å². The highest BCUT2D eigenvalue weighted by atomic mass is 19.4. The minimum absolute atomic E-state index is 0.0173. The first-order valence-corrected chi connectivity index (χ1v) is 16.1. The van der Waals surface area contributed by atoms with E-state index in [1.807, 2.05) is 0 Å². The average molecular weight is 686 g/mol. The molecule has 0 spiro atoms. The van der Waals surface area contributed by atoms with Crippen LogP contribution in [0.3, 0.4) is 0 Å². The lowest BCUT2D eigenvalue weighted by Crippen LogP contribution is -2.58. The van der Waals surface area contributed by atoms with Gasteiger partial charge < -0.3 is 14.9 Å². The highest BCUT2D eigenvalue weighted by Crippen LogP contribution is 2.64. The third kappa shape index (κ3) is 5.21. The third-order valence-corrected chi connectivity index (χ3v) is 10.6. The van der Waals surface area contributed by atoms with Crippen LogP contribution in [0.15, 0.2) is 96.6 Å². The summed E-state index contributed by atoms with van der Waals surface area (Å²) in [5.41, 5.74) is -0.494. The van der Waals surface area contributed by atoms with Gasteiger partial charge in [0.15, 0.2) is 11.6 Å². The van der Waals surface area contributed by atoms with E-state index >= 15 is 0 Å². The molecule has 3 aromatic carbocycles. The molecule has 4 aliphatic rings. The number of rotatable bonds is 7. The van der Waals surface area contributed by atoms with Crippen LogP contribution in [0, 0.1) is 23.7 Å². The Hall–Kier alpha value is -5.52. The smallest absolute Gasteiger partial charge is 0.508 e. The molecular formula is C38H30F3NO8. The fourth-order valence-corrected chi connectivity index (χ4v) is 8.67. The van der Waals surface area contributed by atoms with E-state index in [0.29, 0.717) is 16.7 Å². The van der Waals surface area contributed by atoms with Gasteiger partial charge in [0.1, 0.15) is 11.5 Å². The number of ether oxygens (including phenoxy) is 1. The van der Waals surface area contributed by atoms with Gasteiger partial charge in [0, 0.05) is 29.5 Å². The number of hydrogen-bond acceptors (Lipinski definition) is 7. The highest BCUT2D eigenvalue weighted by molar-refractivity contribution is 6.31. The maximum absolute atomic E-state index is 15.0. The van der Waals surface area contributed by atoms with Crippen molar-refractivity contribution in [1.29, 1.82) is 0 Å². The van der Waals surface area contributed by atoms with Gasteiger partial charge in [-0.05, 0) is 54.2 Å². The molecule has 2 fully saturated rings. The summed E-state index contributed by atoms with van der Waals surface area (Å²) in [6, 6.07) is 19.9. The number of fused-ring (bicyclic) bond motifs is 4. The number of hydrogen-bond donors (Lipinski definition) is 2. The van der Waals surface area contributed by atoms with Gasteiger partial charge in [0.05, 0.1) is 23.7 Å². The number of benzene rings is 3. The number of carbonyl (C=O) groups excluding carboxylic acids is 4. The molecule has 12 heteroatoms. The Morgan fingerprint density at radius 1 is 0.920 bits per heavy atom. The van der Waals surface area contributed by atoms with Gasteiger partial charge in [0.2, 0.25) is 11.8 Å². The zero-order valence-corrected chi connectivity index (χ0v) is 26.3. The predicted octanol–water partition coefficient (Wildman–Crippen LogP) is 5.59. The minimum Gasteiger partial charge on any atom is -0.508 e. The summed E-state index contributed by atoms with van der Waals surface area (Å²) in [5, 5.41) is 20.7. The van der Waals surface area contributed by atoms with Crippen LogP contribution in [0.2, 0.25) is 0 Å². The van der Waals surface area contributed by atoms with Crippen LogP contribution in [-0.4, -0.2) is 57.4 Å². The van der Waals surface area contributed by atoms with Crippen molar-refractivity contribution in [3.8, 4) is 11.5 Å². The van der Waals surface area contributed by atoms with Crippen LogP contribution in [0.25, 0.3) is 5.57 Å². The van der Waals surface area contributed by atoms with Crippen molar-refractivity contribution in [1.82, 2.24) is 4.90 Å². The van der Waals surface area contributed by atoms with E-state index in [1.54, 1.807) is 66.7 Å². The number of carboxylic acids is 1. The number of halogens is 3. The van der Waals surface area contributed by atoms with Gasteiger partial charge in [-0.2, -0.15) is 0 Å². The van der Waals surface area contributed by atoms with E-state index in [1.165, 1.54) is 6.08 Å². The first-order chi connectivity index (χ1) is 23.8. The Morgan fingerprint density at radius 2 is 1.60 bits per heavy atom. The molecule has 50 heavy (non-hydrogen) atoms. The fraction of sp³-hybridized carbons (Fsp3) is 0.289. The van der Waals surface area contributed by atoms with Crippen molar-refractivity contribution < 1.29 is 52.1 Å². The molecule has 1 saturated carbocycles. The Kier molecular flexibility index (Phi) is 7.99. The number of carbonyl (C=O) groups is 5. The molecular weight excluding hydrogens is 655 g/mol. The van der Waals surface area contributed by atoms with Crippen LogP contribution in [-0.2, 0) is 29.4 Å². The van der Waals surface area contributed by atoms with E-state index in [4.69, 9.17) is 0 Å². The van der Waals surface area contributed by atoms with Crippen molar-refractivity contribution in [2.24, 2.45) is 23.7 Å². The molecule has 1 aliphatic heterocycles. The SMILES string of the molecule is O=C(O)CCN1C(=O)[C@H]2[C@H](CC=C3[C@H]2C[C@H]2C(=O)C(c4ccccc4)=CC(=O)[C@@]2(c2ccccc2)[C@H]3c2cc(OC(F)(F)F)ccc2O)C1=O. The molecule has 7 rings (SSSR count). The number of carboxylic acid groups (broad SMARTS) is 1. The van der Waals surface area contributed by atoms with Gasteiger partial charge in [-0.3, -0.25) is 28.9 Å². The standard InChI is InChI=1S/C38H30F3NO8/c39-38(40,41)50-22-11-14-29(43)27(17-22)33-23-12-13-24-32(36(49)42(35(24)48)16-15-31(45)46)26(23)18-28-34(47)25(20-7-3-1-4-8-20)19-30(44)37(28,33)21-9-5-2-6-10-21/h1-12,14,17,19,24,26,28,32-33,43H,13,15-16,18H2,(H,45,46)/t24-,26+,28-,32-,33+,37-/m0/s1. The number of aromatic hydroxyl groups is 1. The number of phenols is 1. The zero-order chi connectivity index (χ0) is 35.5. The molecule has 1 saturated heterocycles. The van der Waals surface area contributed by atoms with Gasteiger partial charge >= 0.3 is 12.3 Å². The fourth-order valence-electron chi connectivity index (χ4n) is 8.67. The number of Topliss-reactive ketones (excluding diaryl/α,β-unsaturated/α-hetero) is 1. The second kappa shape index (κ2) is 12.1. The zero-order valence-electron chi connectivity index (χ0n) is 26.3. The maximum Gasteiger partial charge on any atom is 0.573 e. The Labute approximate surface area is 283 Å². The van der Waals surface area contributed by atoms with Crippen LogP contribution >= 0.6 is 0 Å². The van der Waals surface area contributed by atoms with Crippen LogP contribution in [0.1, 0.15) is 41.9 Å². The molecule has 256 valence electrons. The monoisotopic (exact) mass is 685 g/mol. The lowest BCUT2D eigenvalue weighted by Gasteiger charge is -2.55. The first kappa shape index (κ1) is 33.0. The molecule has 6 atom stereocenters. The summed E-state index contributed by atoms with van der Waals surface area (Å²) in [4.78, 5) is 69.6. The summed E-state index contributed by atoms with van der Waals surface area (Å²) in [6.07, 6.45) is -2.66. The van der Waals surface area contributed by atoms with Crippen LogP contribution in [0.5, 0.6) is 11.5 Å². The summed E-state index contributed by atoms with van der Waals surface area (Å²) < 4.78 is 44.7. The quantitative estimate of drug-likeness (QED) is 0.243. The van der Waals surface area contributed by atoms with Gasteiger partial charge in [0.25, 0.3) is 0 Å². The molecule has 3 aromatic rings. The molecule has 2 amide bonds. The Morgan fingerprint density at radius 3 is 2.26 bits per heavy atom. The molecule has 3 aliphatic carbocycles. The highest BCUT2D eigenvalue weighted by Gasteiger charge is 2.66. The Bertz CT molecular complexity index is 1990. The van der Waals surface area contributed by atoms with E-state index in [0.717, 1.165) is 23.1 Å². The number of nitrogens with zero attached hydrogens (tertiary/aromatic N) is 1. The average Bonchev–Trinajstić information content (AvgIpc) is 3.33. The maximum atomic E-state index is 15.0. The molecule has 9 nitrogen and oxygen atoms in total. The summed E-state index contributed by atoms with van der Waals surface area (Å²) in [7, 11) is 0. The van der Waals surface area contributed by atoms with Crippen molar-refractivity contribution in [2.75, 3.05) is 6.54 Å². The normalized spacial score (nSPS) is 27.6. The number of amides is 2. The molecule has 0 unspecified atom stereocenters. The largest absolute Gasteiger partial charge is 0.573 e. The molecule has 0 aromatic heterocycles. The predicted molar refractivity (Wildman–Crippen MR) is 170 cm³/mol. The number of alkyl halides is 3. The van der Waals surface area contributed by atoms with Gasteiger partial charge in [-0.25, -0.2) is 0 Å². The molecule has 0 radical (unpaired) electrons. The minimum atomic E-state index is -5.08. The second-order valence-corrected chi connectivity index (χ2v) is 13.0. The number of ketones is 2. The van der Waals surface area contributed by atoms with E-state index in [9.17, 15) is 47.4 Å². The number of imide groups is 1. The van der Waals surface area contributed by atoms with Crippen LogP contribution in [0.4, 0.5) is 13.2 Å². The number of phenolic OH excluding ortho intramolecular Hbond substituents is 1. The molecule has 2 N–H and O–H groups in total. The Balaban J connectivity index is 1.48. The molecule has 0 bridgehead atoms. The lowest BCUT2D eigenvalue weighted by molar-refractivity contribution is -0.274. The van der Waals surface area contributed by atoms with Gasteiger partial charge in [-0.15, -0.1) is 13.2 Å². The van der Waals surface area contributed by atoms with Crippen LogP contribution < -0.4 is 4.74 Å². The van der Waals surface area contributed by atoms with Crippen molar-refractivity contribution in [3.63, 3.8) is 0 Å². The lowest BCUT2D eigenvalue weighted by atomic mass is 9.44. The topological polar surface area (TPSA) is 138 Å². The van der Waals surface area contributed by atoms with Crippen molar-refractivity contribution in [2.45, 2.75) is 37.0 Å². The summed E-state index contributed by atoms with van der Waals surface area (Å²) in [5.74, 6) is -9.66. The third-order valence-electron chi connectivity index (χ3n) is 10.6. The van der Waals surface area contributed by atoms with E-state index in [2.05, 4.69) is 4.74 Å².